The second-order valence-electron chi connectivity index (χ2n) is 21.9. The molecule has 0 aromatic carbocycles. The predicted octanol–water partition coefficient (Wildman–Crippen LogP) is 20.8. The summed E-state index contributed by atoms with van der Waals surface area (Å²) in [5, 5.41) is 3.23. The van der Waals surface area contributed by atoms with Crippen LogP contribution in [0.2, 0.25) is 0 Å². The molecule has 0 saturated heterocycles. The molecule has 0 aliphatic carbocycles. The minimum Gasteiger partial charge on any atom is -0.356 e. The maximum atomic E-state index is 12.4. The average molecular weight is 912 g/mol. The molecule has 0 radical (unpaired) electrons. The summed E-state index contributed by atoms with van der Waals surface area (Å²) in [6, 6.07) is 0. The predicted molar refractivity (Wildman–Crippen MR) is 295 cm³/mol. The van der Waals surface area contributed by atoms with E-state index >= 15 is 0 Å². The van der Waals surface area contributed by atoms with Gasteiger partial charge >= 0.3 is 0 Å². The molecular formula is C62H122N2O. The van der Waals surface area contributed by atoms with Crippen molar-refractivity contribution in [3.63, 3.8) is 0 Å². The van der Waals surface area contributed by atoms with E-state index in [9.17, 15) is 4.79 Å². The lowest BCUT2D eigenvalue weighted by atomic mass is 9.91. The highest BCUT2D eigenvalue weighted by atomic mass is 16.1. The molecule has 3 heteroatoms. The normalized spacial score (nSPS) is 13.3. The summed E-state index contributed by atoms with van der Waals surface area (Å²) in [5.41, 5.74) is 3.53. The summed E-state index contributed by atoms with van der Waals surface area (Å²) in [5.74, 6) is 1.31. The van der Waals surface area contributed by atoms with Crippen LogP contribution in [-0.2, 0) is 4.79 Å². The Kier molecular flexibility index (Phi) is 51.4. The van der Waals surface area contributed by atoms with Crippen molar-refractivity contribution in [3.05, 3.63) is 23.3 Å². The summed E-state index contributed by atoms with van der Waals surface area (Å²) in [6.07, 6.45) is 68.9. The van der Waals surface area contributed by atoms with Gasteiger partial charge in [-0.25, -0.2) is 0 Å². The quantitative estimate of drug-likeness (QED) is 0.0487. The summed E-state index contributed by atoms with van der Waals surface area (Å²) in [6.45, 7) is 13.5. The van der Waals surface area contributed by atoms with E-state index in [-0.39, 0.29) is 5.91 Å². The molecule has 0 heterocycles. The first-order chi connectivity index (χ1) is 31.8. The third-order valence-corrected chi connectivity index (χ3v) is 14.4. The number of nitrogens with zero attached hydrogens (tertiary/aromatic N) is 1. The molecule has 65 heavy (non-hydrogen) atoms. The van der Waals surface area contributed by atoms with Gasteiger partial charge in [0.2, 0.25) is 5.91 Å². The van der Waals surface area contributed by atoms with Crippen LogP contribution in [0.1, 0.15) is 330 Å². The van der Waals surface area contributed by atoms with Crippen molar-refractivity contribution in [1.82, 2.24) is 10.2 Å². The van der Waals surface area contributed by atoms with Crippen LogP contribution < -0.4 is 5.32 Å². The first-order valence-electron chi connectivity index (χ1n) is 30.1. The van der Waals surface area contributed by atoms with Crippen molar-refractivity contribution in [2.45, 2.75) is 330 Å². The van der Waals surface area contributed by atoms with Gasteiger partial charge in [-0.05, 0) is 110 Å². The number of amides is 1. The summed E-state index contributed by atoms with van der Waals surface area (Å²) < 4.78 is 0. The smallest absolute Gasteiger partial charge is 0.220 e. The lowest BCUT2D eigenvalue weighted by molar-refractivity contribution is -0.121. The van der Waals surface area contributed by atoms with Gasteiger partial charge in [0, 0.05) is 13.0 Å². The highest BCUT2D eigenvalue weighted by Gasteiger charge is 2.11. The number of carbonyl (C=O) groups is 1. The second kappa shape index (κ2) is 52.3. The van der Waals surface area contributed by atoms with Crippen molar-refractivity contribution < 1.29 is 4.79 Å². The van der Waals surface area contributed by atoms with Gasteiger partial charge in [0.05, 0.1) is 0 Å². The molecule has 0 fully saturated rings. The van der Waals surface area contributed by atoms with Gasteiger partial charge in [-0.2, -0.15) is 0 Å². The zero-order chi connectivity index (χ0) is 47.5. The van der Waals surface area contributed by atoms with Gasteiger partial charge in [-0.3, -0.25) is 4.79 Å². The Bertz CT molecular complexity index is 1010. The Balaban J connectivity index is 4.78. The van der Waals surface area contributed by atoms with Crippen molar-refractivity contribution in [3.8, 4) is 0 Å². The van der Waals surface area contributed by atoms with Crippen LogP contribution >= 0.6 is 0 Å². The van der Waals surface area contributed by atoms with Crippen molar-refractivity contribution >= 4 is 5.91 Å². The van der Waals surface area contributed by atoms with Gasteiger partial charge in [0.1, 0.15) is 0 Å². The second-order valence-corrected chi connectivity index (χ2v) is 21.9. The van der Waals surface area contributed by atoms with E-state index in [2.05, 4.69) is 71.1 Å². The summed E-state index contributed by atoms with van der Waals surface area (Å²) >= 11 is 0. The van der Waals surface area contributed by atoms with E-state index in [1.54, 1.807) is 11.1 Å². The number of unbranched alkanes of at least 4 members (excludes halogenated alkanes) is 35. The van der Waals surface area contributed by atoms with E-state index in [0.717, 1.165) is 25.9 Å². The van der Waals surface area contributed by atoms with Crippen molar-refractivity contribution in [2.75, 3.05) is 27.2 Å². The number of hydrogen-bond acceptors (Lipinski definition) is 2. The van der Waals surface area contributed by atoms with E-state index in [4.69, 9.17) is 0 Å². The lowest BCUT2D eigenvalue weighted by Crippen LogP contribution is -2.29. The number of nitrogens with one attached hydrogen (secondary N) is 1. The van der Waals surface area contributed by atoms with Gasteiger partial charge in [-0.15, -0.1) is 0 Å². The maximum Gasteiger partial charge on any atom is 0.220 e. The Morgan fingerprint density at radius 3 is 1.09 bits per heavy atom. The fourth-order valence-electron chi connectivity index (χ4n) is 10.1. The van der Waals surface area contributed by atoms with E-state index in [1.165, 1.54) is 276 Å². The summed E-state index contributed by atoms with van der Waals surface area (Å²) in [7, 11) is 4.16. The van der Waals surface area contributed by atoms with E-state index < -0.39 is 0 Å². The van der Waals surface area contributed by atoms with Crippen LogP contribution in [0.5, 0.6) is 0 Å². The Morgan fingerprint density at radius 2 is 0.738 bits per heavy atom. The SMILES string of the molecule is CCCCCCCCCCCCCCCCCCC(=CC(C)CC(C)CNC(=O)CCCN(C)C)CCCCCCCC=C(CCCCCCCCCC)CCCCCCCCCCC. The molecule has 386 valence electrons. The Labute approximate surface area is 411 Å². The van der Waals surface area contributed by atoms with Crippen LogP contribution in [0.4, 0.5) is 0 Å². The molecule has 3 nitrogen and oxygen atoms in total. The van der Waals surface area contributed by atoms with Gasteiger partial charge in [0.25, 0.3) is 0 Å². The molecule has 0 aromatic rings. The average Bonchev–Trinajstić information content (AvgIpc) is 3.28. The highest BCUT2D eigenvalue weighted by molar-refractivity contribution is 5.75. The Morgan fingerprint density at radius 1 is 0.415 bits per heavy atom. The van der Waals surface area contributed by atoms with Crippen LogP contribution in [0.15, 0.2) is 23.3 Å². The third kappa shape index (κ3) is 50.6. The minimum absolute atomic E-state index is 0.218. The number of carbonyl (C=O) groups excluding carboxylic acids is 1. The molecule has 1 amide bonds. The molecule has 2 unspecified atom stereocenters. The summed E-state index contributed by atoms with van der Waals surface area (Å²) in [4.78, 5) is 14.6. The highest BCUT2D eigenvalue weighted by Crippen LogP contribution is 2.25. The van der Waals surface area contributed by atoms with Gasteiger partial charge < -0.3 is 10.2 Å². The van der Waals surface area contributed by atoms with Crippen LogP contribution in [0, 0.1) is 11.8 Å². The molecule has 0 rings (SSSR count). The van der Waals surface area contributed by atoms with Gasteiger partial charge in [0.15, 0.2) is 0 Å². The van der Waals surface area contributed by atoms with Crippen molar-refractivity contribution in [2.24, 2.45) is 11.8 Å². The third-order valence-electron chi connectivity index (χ3n) is 14.4. The molecule has 0 bridgehead atoms. The van der Waals surface area contributed by atoms with Crippen LogP contribution in [0.3, 0.4) is 0 Å². The first-order valence-corrected chi connectivity index (χ1v) is 30.1. The molecule has 0 aromatic heterocycles. The first kappa shape index (κ1) is 63.9. The molecule has 2 atom stereocenters. The zero-order valence-electron chi connectivity index (χ0n) is 46.1. The topological polar surface area (TPSA) is 32.3 Å². The monoisotopic (exact) mass is 911 g/mol. The van der Waals surface area contributed by atoms with E-state index in [0.29, 0.717) is 18.3 Å². The number of allylic oxidation sites excluding steroid dienone is 4. The largest absolute Gasteiger partial charge is 0.356 e. The lowest BCUT2D eigenvalue weighted by Gasteiger charge is -2.18. The Hall–Kier alpha value is -1.09. The van der Waals surface area contributed by atoms with Crippen molar-refractivity contribution in [1.29, 1.82) is 0 Å². The maximum absolute atomic E-state index is 12.4. The number of rotatable bonds is 53. The van der Waals surface area contributed by atoms with E-state index in [1.807, 2.05) is 0 Å². The number of hydrogen-bond donors (Lipinski definition) is 1. The zero-order valence-corrected chi connectivity index (χ0v) is 46.1. The molecule has 0 saturated carbocycles. The molecule has 0 aliphatic heterocycles. The molecule has 0 spiro atoms. The molecule has 0 aliphatic rings. The van der Waals surface area contributed by atoms with Crippen LogP contribution in [-0.4, -0.2) is 38.0 Å². The van der Waals surface area contributed by atoms with Crippen LogP contribution in [0.25, 0.3) is 0 Å². The molecular weight excluding hydrogens is 789 g/mol. The van der Waals surface area contributed by atoms with Gasteiger partial charge in [-0.1, -0.05) is 270 Å². The fourth-order valence-corrected chi connectivity index (χ4v) is 10.1. The fraction of sp³-hybridized carbons (Fsp3) is 0.919. The minimum atomic E-state index is 0.218. The standard InChI is InChI=1S/C62H122N2O/c1-8-11-14-17-20-23-24-25-26-27-28-29-31-34-40-45-51-61(56-58(4)55-59(5)57-63-62(65)53-47-54-64(6)7)52-46-41-36-35-39-44-50-60(48-42-37-32-22-19-16-13-10-3)49-43-38-33-30-21-18-15-12-9-2/h50,56,58-59H,8-49,51-55,57H2,1-7H3,(H,63,65). The molecule has 1 N–H and O–H groups in total.